The number of fused-ring (bicyclic) bond motifs is 7. The van der Waals surface area contributed by atoms with Gasteiger partial charge in [0.25, 0.3) is 0 Å². The van der Waals surface area contributed by atoms with Gasteiger partial charge in [-0.3, -0.25) is 14.4 Å². The summed E-state index contributed by atoms with van der Waals surface area (Å²) in [7, 11) is 0. The van der Waals surface area contributed by atoms with Crippen LogP contribution in [-0.4, -0.2) is 47.6 Å². The number of carboxylic acid groups (broad SMARTS) is 1. The first kappa shape index (κ1) is 41.8. The van der Waals surface area contributed by atoms with Crippen LogP contribution < -0.4 is 10.6 Å². The van der Waals surface area contributed by atoms with Crippen LogP contribution in [-0.2, 0) is 23.9 Å². The Bertz CT molecular complexity index is 1430. The van der Waals surface area contributed by atoms with Gasteiger partial charge in [-0.05, 0) is 129 Å². The minimum absolute atomic E-state index is 0.0201. The molecule has 0 aliphatic heterocycles. The van der Waals surface area contributed by atoms with E-state index < -0.39 is 12.0 Å². The van der Waals surface area contributed by atoms with Crippen LogP contribution in [0.1, 0.15) is 172 Å². The third kappa shape index (κ3) is 7.48. The molecule has 300 valence electrons. The number of aliphatic carboxylic acids is 1. The van der Waals surface area contributed by atoms with Crippen LogP contribution in [0.4, 0.5) is 0 Å². The number of carboxylic acids is 1. The van der Waals surface area contributed by atoms with E-state index in [9.17, 15) is 24.3 Å². The predicted octanol–water partition coefficient (Wildman–Crippen LogP) is 9.40. The van der Waals surface area contributed by atoms with Gasteiger partial charge in [-0.15, -0.1) is 0 Å². The van der Waals surface area contributed by atoms with E-state index in [2.05, 4.69) is 65.2 Å². The summed E-state index contributed by atoms with van der Waals surface area (Å²) in [5.74, 6) is 0.0639. The Morgan fingerprint density at radius 1 is 0.868 bits per heavy atom. The maximum atomic E-state index is 14.5. The zero-order valence-corrected chi connectivity index (χ0v) is 35.1. The largest absolute Gasteiger partial charge is 0.480 e. The van der Waals surface area contributed by atoms with E-state index >= 15 is 0 Å². The van der Waals surface area contributed by atoms with Crippen molar-refractivity contribution in [1.82, 2.24) is 10.6 Å². The summed E-state index contributed by atoms with van der Waals surface area (Å²) in [5.41, 5.74) is 1.65. The number of unbranched alkanes of at least 4 members (excludes halogenated alkanes) is 2. The molecule has 0 aromatic carbocycles. The number of amides is 2. The highest BCUT2D eigenvalue weighted by Gasteiger charge is 2.69. The topological polar surface area (TPSA) is 122 Å². The van der Waals surface area contributed by atoms with Crippen LogP contribution in [0.3, 0.4) is 0 Å². The van der Waals surface area contributed by atoms with E-state index in [1.54, 1.807) is 19.4 Å². The van der Waals surface area contributed by atoms with Crippen LogP contribution in [0.2, 0.25) is 0 Å². The Morgan fingerprint density at radius 2 is 1.57 bits per heavy atom. The van der Waals surface area contributed by atoms with E-state index in [1.165, 1.54) is 6.42 Å². The summed E-state index contributed by atoms with van der Waals surface area (Å²) in [5, 5.41) is 15.4. The van der Waals surface area contributed by atoms with Gasteiger partial charge in [-0.1, -0.05) is 87.3 Å². The number of nitrogens with one attached hydrogen (secondary N) is 2. The molecule has 0 heterocycles. The van der Waals surface area contributed by atoms with E-state index in [4.69, 9.17) is 4.74 Å². The number of allylic oxidation sites excluding steroid dienone is 2. The molecule has 8 heteroatoms. The normalized spacial score (nSPS) is 37.5. The monoisotopic (exact) mass is 739 g/mol. The van der Waals surface area contributed by atoms with Crippen molar-refractivity contribution in [3.05, 3.63) is 11.6 Å². The molecule has 0 bridgehead atoms. The number of hydrogen-bond donors (Lipinski definition) is 3. The lowest BCUT2D eigenvalue weighted by molar-refractivity contribution is -0.213. The lowest BCUT2D eigenvalue weighted by atomic mass is 9.33. The number of esters is 1. The van der Waals surface area contributed by atoms with Crippen molar-refractivity contribution < 1.29 is 29.0 Å². The Balaban J connectivity index is 1.29. The SMILES string of the molecule is CCCC(=O)O[C@H]1CC[C@@]2(C)C(CC[C@]3(C)C2CC=C2C4CC(C)(C)CC[C@]4(C(=O)NCCCCCC(=O)N[C@H](C(=O)O)C(C)C)CC[C@]23C)C1(C)C. The lowest BCUT2D eigenvalue weighted by Crippen LogP contribution is -2.65. The van der Waals surface area contributed by atoms with Gasteiger partial charge < -0.3 is 20.5 Å². The zero-order chi connectivity index (χ0) is 39.2. The molecule has 0 radical (unpaired) electrons. The first-order valence-corrected chi connectivity index (χ1v) is 21.4. The van der Waals surface area contributed by atoms with Gasteiger partial charge in [0.05, 0.1) is 5.41 Å². The fourth-order valence-electron chi connectivity index (χ4n) is 13.0. The summed E-state index contributed by atoms with van der Waals surface area (Å²) in [6.45, 7) is 23.5. The highest BCUT2D eigenvalue weighted by Crippen LogP contribution is 2.76. The summed E-state index contributed by atoms with van der Waals surface area (Å²) >= 11 is 0. The molecule has 0 aromatic heterocycles. The molecule has 2 amide bonds. The van der Waals surface area contributed by atoms with Crippen molar-refractivity contribution >= 4 is 23.8 Å². The Morgan fingerprint density at radius 3 is 2.23 bits per heavy atom. The van der Waals surface area contributed by atoms with Crippen LogP contribution in [0.15, 0.2) is 11.6 Å². The third-order valence-corrected chi connectivity index (χ3v) is 16.4. The van der Waals surface area contributed by atoms with Crippen molar-refractivity contribution in [2.24, 2.45) is 56.2 Å². The highest BCUT2D eigenvalue weighted by molar-refractivity contribution is 5.84. The van der Waals surface area contributed by atoms with E-state index in [0.717, 1.165) is 77.0 Å². The van der Waals surface area contributed by atoms with Gasteiger partial charge in [0.15, 0.2) is 0 Å². The van der Waals surface area contributed by atoms with Crippen molar-refractivity contribution in [2.75, 3.05) is 6.54 Å². The van der Waals surface area contributed by atoms with Gasteiger partial charge in [0, 0.05) is 24.8 Å². The molecule has 3 N–H and O–H groups in total. The molecular weight excluding hydrogens is 665 g/mol. The number of carbonyl (C=O) groups excluding carboxylic acids is 3. The van der Waals surface area contributed by atoms with Gasteiger partial charge in [-0.25, -0.2) is 4.79 Å². The molecule has 0 aromatic rings. The first-order valence-electron chi connectivity index (χ1n) is 21.4. The van der Waals surface area contributed by atoms with E-state index in [0.29, 0.717) is 37.6 Å². The number of carbonyl (C=O) groups is 4. The second kappa shape index (κ2) is 15.3. The summed E-state index contributed by atoms with van der Waals surface area (Å²) in [6.07, 6.45) is 16.9. The predicted molar refractivity (Wildman–Crippen MR) is 210 cm³/mol. The minimum atomic E-state index is -1.00. The summed E-state index contributed by atoms with van der Waals surface area (Å²) in [6, 6.07) is -0.867. The lowest BCUT2D eigenvalue weighted by Gasteiger charge is -2.71. The van der Waals surface area contributed by atoms with E-state index in [1.807, 2.05) is 6.92 Å². The molecule has 9 atom stereocenters. The van der Waals surface area contributed by atoms with Gasteiger partial charge in [-0.2, -0.15) is 0 Å². The highest BCUT2D eigenvalue weighted by atomic mass is 16.5. The van der Waals surface area contributed by atoms with Crippen LogP contribution in [0, 0.1) is 56.2 Å². The van der Waals surface area contributed by atoms with Crippen molar-refractivity contribution in [3.63, 3.8) is 0 Å². The van der Waals surface area contributed by atoms with Crippen molar-refractivity contribution in [3.8, 4) is 0 Å². The first-order chi connectivity index (χ1) is 24.7. The fourth-order valence-corrected chi connectivity index (χ4v) is 13.0. The summed E-state index contributed by atoms with van der Waals surface area (Å²) < 4.78 is 6.18. The molecule has 4 fully saturated rings. The number of hydrogen-bond acceptors (Lipinski definition) is 5. The number of rotatable bonds is 13. The average Bonchev–Trinajstić information content (AvgIpc) is 3.06. The molecule has 0 saturated heterocycles. The molecule has 8 nitrogen and oxygen atoms in total. The molecule has 5 aliphatic rings. The molecule has 5 rings (SSSR count). The quantitative estimate of drug-likeness (QED) is 0.0984. The Hall–Kier alpha value is -2.38. The van der Waals surface area contributed by atoms with Crippen molar-refractivity contribution in [1.29, 1.82) is 0 Å². The Kier molecular flexibility index (Phi) is 12.0. The molecule has 3 unspecified atom stereocenters. The second-order valence-electron chi connectivity index (χ2n) is 20.7. The van der Waals surface area contributed by atoms with Crippen molar-refractivity contribution in [2.45, 2.75) is 184 Å². The van der Waals surface area contributed by atoms with E-state index in [-0.39, 0.29) is 68.2 Å². The molecular formula is C45H74N2O6. The van der Waals surface area contributed by atoms with Gasteiger partial charge in [0.1, 0.15) is 12.1 Å². The average molecular weight is 739 g/mol. The van der Waals surface area contributed by atoms with Crippen LogP contribution in [0.5, 0.6) is 0 Å². The Labute approximate surface area is 321 Å². The van der Waals surface area contributed by atoms with Crippen LogP contribution in [0.25, 0.3) is 0 Å². The third-order valence-electron chi connectivity index (χ3n) is 16.4. The van der Waals surface area contributed by atoms with Gasteiger partial charge in [0.2, 0.25) is 11.8 Å². The van der Waals surface area contributed by atoms with Gasteiger partial charge >= 0.3 is 11.9 Å². The maximum Gasteiger partial charge on any atom is 0.326 e. The molecule has 53 heavy (non-hydrogen) atoms. The molecule has 5 aliphatic carbocycles. The smallest absolute Gasteiger partial charge is 0.326 e. The standard InChI is InChI=1S/C45H74N2O6/c1-11-15-36(49)53-34-20-21-42(8)32(41(34,6)7)19-22-44(10)33(42)18-17-30-31-28-40(4,5)23-25-45(31,26-24-43(30,44)9)39(52)46-27-14-12-13-16-35(48)47-37(29(2)3)38(50)51/h17,29,31-34,37H,11-16,18-28H2,1-10H3,(H,46,52)(H,47,48)(H,50,51)/t31?,32?,33?,34-,37-,42-,43+,44+,45-/m0/s1. The zero-order valence-electron chi connectivity index (χ0n) is 35.1. The van der Waals surface area contributed by atoms with Crippen LogP contribution >= 0.6 is 0 Å². The molecule has 0 spiro atoms. The fraction of sp³-hybridized carbons (Fsp3) is 0.867. The molecule has 4 saturated carbocycles. The summed E-state index contributed by atoms with van der Waals surface area (Å²) in [4.78, 5) is 51.0. The number of ether oxygens (including phenoxy) is 1. The minimum Gasteiger partial charge on any atom is -0.480 e. The maximum absolute atomic E-state index is 14.5. The second-order valence-corrected chi connectivity index (χ2v) is 20.7.